The molecule has 0 aliphatic carbocycles. The second kappa shape index (κ2) is 7.13. The van der Waals surface area contributed by atoms with Gasteiger partial charge in [0.1, 0.15) is 14.8 Å². The molecule has 0 fully saturated rings. The fourth-order valence-corrected chi connectivity index (χ4v) is 4.21. The summed E-state index contributed by atoms with van der Waals surface area (Å²) < 4.78 is 29.3. The van der Waals surface area contributed by atoms with Gasteiger partial charge >= 0.3 is 5.97 Å². The van der Waals surface area contributed by atoms with Crippen molar-refractivity contribution in [1.29, 1.82) is 0 Å². The van der Waals surface area contributed by atoms with Crippen LogP contribution in [-0.2, 0) is 14.6 Å². The van der Waals surface area contributed by atoms with Crippen LogP contribution in [0.5, 0.6) is 0 Å². The molecule has 0 unspecified atom stereocenters. The molecule has 3 N–H and O–H groups in total. The van der Waals surface area contributed by atoms with Gasteiger partial charge in [-0.15, -0.1) is 11.3 Å². The number of nitrogens with two attached hydrogens (primary N) is 1. The average Bonchev–Trinajstić information content (AvgIpc) is 2.74. The lowest BCUT2D eigenvalue weighted by molar-refractivity contribution is 0.0533. The van der Waals surface area contributed by atoms with E-state index in [1.165, 1.54) is 0 Å². The summed E-state index contributed by atoms with van der Waals surface area (Å²) in [7, 11) is -3.52. The van der Waals surface area contributed by atoms with E-state index in [2.05, 4.69) is 5.32 Å². The fourth-order valence-electron chi connectivity index (χ4n) is 1.64. The van der Waals surface area contributed by atoms with Gasteiger partial charge in [-0.1, -0.05) is 20.8 Å². The second-order valence-corrected chi connectivity index (χ2v) is 8.14. The molecule has 1 rings (SSSR count). The van der Waals surface area contributed by atoms with Gasteiger partial charge in [-0.25, -0.2) is 13.2 Å². The highest BCUT2D eigenvalue weighted by atomic mass is 32.2. The van der Waals surface area contributed by atoms with E-state index in [4.69, 9.17) is 10.5 Å². The predicted molar refractivity (Wildman–Crippen MR) is 85.7 cm³/mol. The Morgan fingerprint density at radius 3 is 2.48 bits per heavy atom. The van der Waals surface area contributed by atoms with Crippen molar-refractivity contribution in [3.05, 3.63) is 4.88 Å². The van der Waals surface area contributed by atoms with Crippen molar-refractivity contribution in [1.82, 2.24) is 0 Å². The summed E-state index contributed by atoms with van der Waals surface area (Å²) in [6.07, 6.45) is 0. The summed E-state index contributed by atoms with van der Waals surface area (Å²) in [5, 5.41) is 3.47. The maximum absolute atomic E-state index is 12.2. The molecule has 1 aromatic heterocycles. The lowest BCUT2D eigenvalue weighted by Crippen LogP contribution is -2.12. The lowest BCUT2D eigenvalue weighted by Gasteiger charge is -2.09. The van der Waals surface area contributed by atoms with Crippen LogP contribution < -0.4 is 11.1 Å². The summed E-state index contributed by atoms with van der Waals surface area (Å²) in [4.78, 5) is 12.0. The van der Waals surface area contributed by atoms with Crippen LogP contribution in [0.25, 0.3) is 0 Å². The van der Waals surface area contributed by atoms with E-state index in [-0.39, 0.29) is 27.8 Å². The number of carbonyl (C=O) groups is 1. The number of esters is 1. The normalized spacial score (nSPS) is 11.7. The van der Waals surface area contributed by atoms with Gasteiger partial charge in [-0.2, -0.15) is 0 Å². The van der Waals surface area contributed by atoms with Crippen LogP contribution in [0.4, 0.5) is 10.7 Å². The van der Waals surface area contributed by atoms with Crippen molar-refractivity contribution >= 4 is 37.8 Å². The Morgan fingerprint density at radius 2 is 2.00 bits per heavy atom. The van der Waals surface area contributed by atoms with E-state index in [0.717, 1.165) is 11.3 Å². The molecule has 21 heavy (non-hydrogen) atoms. The molecule has 0 aromatic carbocycles. The molecule has 0 radical (unpaired) electrons. The number of rotatable bonds is 7. The number of carbonyl (C=O) groups excluding carboxylic acids is 1. The van der Waals surface area contributed by atoms with Crippen LogP contribution in [0.1, 0.15) is 37.4 Å². The number of anilines is 2. The molecule has 0 saturated carbocycles. The van der Waals surface area contributed by atoms with Crippen LogP contribution in [0.2, 0.25) is 0 Å². The number of nitrogen functional groups attached to an aromatic ring is 1. The standard InChI is InChI=1S/C13H22N2O4S2/c1-5-19-13(16)10-9(14)11(21(17,18)6-2)12(20-10)15-7-8(3)4/h8,15H,5-7,14H2,1-4H3. The van der Waals surface area contributed by atoms with Crippen LogP contribution in [-0.4, -0.2) is 33.3 Å². The first-order valence-corrected chi connectivity index (χ1v) is 9.27. The van der Waals surface area contributed by atoms with Crippen molar-refractivity contribution in [2.45, 2.75) is 32.6 Å². The summed E-state index contributed by atoms with van der Waals surface area (Å²) in [5.41, 5.74) is 5.87. The van der Waals surface area contributed by atoms with Crippen molar-refractivity contribution in [3.8, 4) is 0 Å². The van der Waals surface area contributed by atoms with Gasteiger partial charge in [0.15, 0.2) is 9.84 Å². The molecule has 0 aliphatic heterocycles. The maximum atomic E-state index is 12.2. The Kier molecular flexibility index (Phi) is 6.03. The van der Waals surface area contributed by atoms with Crippen molar-refractivity contribution in [3.63, 3.8) is 0 Å². The van der Waals surface area contributed by atoms with Gasteiger partial charge in [-0.05, 0) is 12.8 Å². The molecule has 0 saturated heterocycles. The van der Waals surface area contributed by atoms with Crippen LogP contribution in [0.15, 0.2) is 4.90 Å². The van der Waals surface area contributed by atoms with E-state index in [9.17, 15) is 13.2 Å². The zero-order chi connectivity index (χ0) is 16.2. The van der Waals surface area contributed by atoms with E-state index < -0.39 is 15.8 Å². The summed E-state index contributed by atoms with van der Waals surface area (Å²) >= 11 is 1.03. The highest BCUT2D eigenvalue weighted by Gasteiger charge is 2.29. The number of hydrogen-bond donors (Lipinski definition) is 2. The predicted octanol–water partition coefficient (Wildman–Crippen LogP) is 2.37. The number of thiophene rings is 1. The van der Waals surface area contributed by atoms with Crippen molar-refractivity contribution in [2.24, 2.45) is 5.92 Å². The highest BCUT2D eigenvalue weighted by molar-refractivity contribution is 7.91. The van der Waals surface area contributed by atoms with Crippen molar-refractivity contribution < 1.29 is 17.9 Å². The van der Waals surface area contributed by atoms with E-state index in [0.29, 0.717) is 17.5 Å². The minimum atomic E-state index is -3.52. The molecule has 1 aromatic rings. The van der Waals surface area contributed by atoms with Gasteiger partial charge < -0.3 is 15.8 Å². The third kappa shape index (κ3) is 4.10. The lowest BCUT2D eigenvalue weighted by atomic mass is 10.2. The number of sulfone groups is 1. The van der Waals surface area contributed by atoms with Crippen LogP contribution in [0, 0.1) is 5.92 Å². The third-order valence-corrected chi connectivity index (χ3v) is 5.80. The fraction of sp³-hybridized carbons (Fsp3) is 0.615. The Balaban J connectivity index is 3.34. The van der Waals surface area contributed by atoms with Crippen LogP contribution >= 0.6 is 11.3 Å². The first kappa shape index (κ1) is 17.8. The summed E-state index contributed by atoms with van der Waals surface area (Å²) in [5.74, 6) is -0.339. The molecule has 0 bridgehead atoms. The quantitative estimate of drug-likeness (QED) is 0.743. The zero-order valence-electron chi connectivity index (χ0n) is 12.7. The molecule has 1 heterocycles. The van der Waals surface area contributed by atoms with E-state index in [1.807, 2.05) is 13.8 Å². The molecule has 8 heteroatoms. The van der Waals surface area contributed by atoms with Crippen LogP contribution in [0.3, 0.4) is 0 Å². The molecule has 0 spiro atoms. The number of ether oxygens (including phenoxy) is 1. The molecular weight excluding hydrogens is 312 g/mol. The minimum Gasteiger partial charge on any atom is -0.462 e. The smallest absolute Gasteiger partial charge is 0.350 e. The molecule has 6 nitrogen and oxygen atoms in total. The minimum absolute atomic E-state index is 0.0127. The van der Waals surface area contributed by atoms with Gasteiger partial charge in [0.25, 0.3) is 0 Å². The number of hydrogen-bond acceptors (Lipinski definition) is 7. The number of nitrogens with one attached hydrogen (secondary N) is 1. The van der Waals surface area contributed by atoms with Crippen molar-refractivity contribution in [2.75, 3.05) is 30.0 Å². The van der Waals surface area contributed by atoms with Gasteiger partial charge in [-0.3, -0.25) is 0 Å². The van der Waals surface area contributed by atoms with Gasteiger partial charge in [0.2, 0.25) is 0 Å². The highest BCUT2D eigenvalue weighted by Crippen LogP contribution is 2.40. The maximum Gasteiger partial charge on any atom is 0.350 e. The SMILES string of the molecule is CCOC(=O)c1sc(NCC(C)C)c(S(=O)(=O)CC)c1N. The Morgan fingerprint density at radius 1 is 1.38 bits per heavy atom. The largest absolute Gasteiger partial charge is 0.462 e. The summed E-state index contributed by atoms with van der Waals surface area (Å²) in [6.45, 7) is 8.04. The Bertz CT molecular complexity index is 606. The molecule has 0 aliphatic rings. The molecule has 0 atom stereocenters. The molecule has 120 valence electrons. The third-order valence-electron chi connectivity index (χ3n) is 2.72. The monoisotopic (exact) mass is 334 g/mol. The second-order valence-electron chi connectivity index (χ2n) is 4.90. The Labute approximate surface area is 129 Å². The van der Waals surface area contributed by atoms with E-state index in [1.54, 1.807) is 13.8 Å². The Hall–Kier alpha value is -1.28. The topological polar surface area (TPSA) is 98.5 Å². The zero-order valence-corrected chi connectivity index (χ0v) is 14.4. The molecular formula is C13H22N2O4S2. The van der Waals surface area contributed by atoms with E-state index >= 15 is 0 Å². The van der Waals surface area contributed by atoms with Gasteiger partial charge in [0.05, 0.1) is 18.0 Å². The average molecular weight is 334 g/mol. The first-order chi connectivity index (χ1) is 9.74. The molecule has 0 amide bonds. The van der Waals surface area contributed by atoms with Gasteiger partial charge in [0, 0.05) is 6.54 Å². The first-order valence-electron chi connectivity index (χ1n) is 6.80. The summed E-state index contributed by atoms with van der Waals surface area (Å²) in [6, 6.07) is 0.